The zero-order valence-electron chi connectivity index (χ0n) is 11.0. The molecule has 2 rings (SSSR count). The summed E-state index contributed by atoms with van der Waals surface area (Å²) >= 11 is 1.26. The Balaban J connectivity index is 2.41. The molecule has 0 aromatic carbocycles. The topological polar surface area (TPSA) is 82.8 Å². The molecular formula is C11H13N5O2S. The summed E-state index contributed by atoms with van der Waals surface area (Å²) < 4.78 is 6.54. The van der Waals surface area contributed by atoms with Crippen LogP contribution in [0.2, 0.25) is 0 Å². The quantitative estimate of drug-likeness (QED) is 0.615. The number of carbonyl (C=O) groups is 1. The number of hydrogen-bond acceptors (Lipinski definition) is 7. The van der Waals surface area contributed by atoms with Gasteiger partial charge in [0.25, 0.3) is 0 Å². The van der Waals surface area contributed by atoms with E-state index in [1.54, 1.807) is 6.92 Å². The van der Waals surface area contributed by atoms with Gasteiger partial charge in [-0.15, -0.1) is 10.2 Å². The molecule has 0 N–H and O–H groups in total. The minimum Gasteiger partial charge on any atom is -0.465 e. The minimum absolute atomic E-state index is 0.318. The summed E-state index contributed by atoms with van der Waals surface area (Å²) in [6, 6.07) is 0. The van der Waals surface area contributed by atoms with E-state index in [0.717, 1.165) is 5.82 Å². The third-order valence-electron chi connectivity index (χ3n) is 2.52. The summed E-state index contributed by atoms with van der Waals surface area (Å²) in [5.41, 5.74) is 0.318. The van der Waals surface area contributed by atoms with Gasteiger partial charge >= 0.3 is 5.97 Å². The van der Waals surface area contributed by atoms with Crippen molar-refractivity contribution in [3.8, 4) is 0 Å². The molecule has 0 aliphatic heterocycles. The first-order valence-electron chi connectivity index (χ1n) is 5.48. The standard InChI is InChI=1S/C11H13N5O2S/c1-6-12-5-8(10(17)18-4)9(13-6)19-11-15-14-7(2)16(11)3/h5H,1-4H3. The number of carbonyl (C=O) groups excluding carboxylic acids is 1. The SMILES string of the molecule is COC(=O)c1cnc(C)nc1Sc1nnc(C)n1C. The third-order valence-corrected chi connectivity index (χ3v) is 3.56. The fourth-order valence-corrected chi connectivity index (χ4v) is 2.29. The van der Waals surface area contributed by atoms with E-state index in [1.807, 2.05) is 18.5 Å². The van der Waals surface area contributed by atoms with Crippen LogP contribution in [0, 0.1) is 13.8 Å². The lowest BCUT2D eigenvalue weighted by atomic mass is 10.3. The average Bonchev–Trinajstić information content (AvgIpc) is 2.70. The highest BCUT2D eigenvalue weighted by molar-refractivity contribution is 7.99. The smallest absolute Gasteiger partial charge is 0.342 e. The Morgan fingerprint density at radius 3 is 2.68 bits per heavy atom. The Morgan fingerprint density at radius 2 is 2.11 bits per heavy atom. The van der Waals surface area contributed by atoms with Gasteiger partial charge in [0.15, 0.2) is 5.16 Å². The van der Waals surface area contributed by atoms with E-state index >= 15 is 0 Å². The number of aromatic nitrogens is 5. The third kappa shape index (κ3) is 2.73. The van der Waals surface area contributed by atoms with E-state index in [-0.39, 0.29) is 0 Å². The first-order chi connectivity index (χ1) is 9.02. The van der Waals surface area contributed by atoms with Crippen LogP contribution in [-0.2, 0) is 11.8 Å². The van der Waals surface area contributed by atoms with Crippen LogP contribution in [0.3, 0.4) is 0 Å². The van der Waals surface area contributed by atoms with Crippen molar-refractivity contribution in [3.63, 3.8) is 0 Å². The molecule has 0 aliphatic rings. The predicted octanol–water partition coefficient (Wildman–Crippen LogP) is 1.16. The first kappa shape index (κ1) is 13.5. The number of ether oxygens (including phenoxy) is 1. The lowest BCUT2D eigenvalue weighted by Crippen LogP contribution is -2.07. The molecule has 2 aromatic rings. The molecule has 19 heavy (non-hydrogen) atoms. The van der Waals surface area contributed by atoms with Gasteiger partial charge in [0, 0.05) is 13.2 Å². The van der Waals surface area contributed by atoms with E-state index in [0.29, 0.717) is 21.6 Å². The van der Waals surface area contributed by atoms with Gasteiger partial charge in [-0.3, -0.25) is 0 Å². The predicted molar refractivity (Wildman–Crippen MR) is 68.0 cm³/mol. The molecule has 8 heteroatoms. The van der Waals surface area contributed by atoms with Crippen LogP contribution in [0.4, 0.5) is 0 Å². The van der Waals surface area contributed by atoms with Crippen LogP contribution in [-0.4, -0.2) is 37.8 Å². The molecule has 0 spiro atoms. The van der Waals surface area contributed by atoms with Crippen molar-refractivity contribution in [2.75, 3.05) is 7.11 Å². The van der Waals surface area contributed by atoms with Gasteiger partial charge in [0.2, 0.25) is 0 Å². The molecule has 0 aliphatic carbocycles. The number of aryl methyl sites for hydroxylation is 2. The molecular weight excluding hydrogens is 266 g/mol. The maximum absolute atomic E-state index is 11.7. The van der Waals surface area contributed by atoms with Crippen LogP contribution in [0.15, 0.2) is 16.4 Å². The Bertz CT molecular complexity index is 626. The molecule has 100 valence electrons. The molecule has 2 heterocycles. The Kier molecular flexibility index (Phi) is 3.79. The van der Waals surface area contributed by atoms with E-state index in [1.165, 1.54) is 25.1 Å². The zero-order valence-corrected chi connectivity index (χ0v) is 11.9. The largest absolute Gasteiger partial charge is 0.465 e. The van der Waals surface area contributed by atoms with E-state index < -0.39 is 5.97 Å². The van der Waals surface area contributed by atoms with Crippen LogP contribution in [0.25, 0.3) is 0 Å². The second-order valence-electron chi connectivity index (χ2n) is 3.82. The van der Waals surface area contributed by atoms with Crippen LogP contribution in [0.5, 0.6) is 0 Å². The summed E-state index contributed by atoms with van der Waals surface area (Å²) in [7, 11) is 3.17. The van der Waals surface area contributed by atoms with E-state index in [4.69, 9.17) is 4.74 Å². The van der Waals surface area contributed by atoms with Gasteiger partial charge < -0.3 is 9.30 Å². The van der Waals surface area contributed by atoms with Crippen molar-refractivity contribution in [2.24, 2.45) is 7.05 Å². The molecule has 0 bridgehead atoms. The lowest BCUT2D eigenvalue weighted by Gasteiger charge is -2.06. The van der Waals surface area contributed by atoms with Gasteiger partial charge in [0.05, 0.1) is 7.11 Å². The Labute approximate surface area is 114 Å². The average molecular weight is 279 g/mol. The number of esters is 1. The molecule has 2 aromatic heterocycles. The monoisotopic (exact) mass is 279 g/mol. The number of hydrogen-bond donors (Lipinski definition) is 0. The molecule has 0 fully saturated rings. The van der Waals surface area contributed by atoms with Gasteiger partial charge in [-0.05, 0) is 25.6 Å². The van der Waals surface area contributed by atoms with Gasteiger partial charge in [-0.2, -0.15) is 0 Å². The maximum atomic E-state index is 11.7. The highest BCUT2D eigenvalue weighted by atomic mass is 32.2. The number of rotatable bonds is 3. The van der Waals surface area contributed by atoms with Crippen LogP contribution >= 0.6 is 11.8 Å². The van der Waals surface area contributed by atoms with Gasteiger partial charge in [-0.25, -0.2) is 14.8 Å². The van der Waals surface area contributed by atoms with Crippen LogP contribution in [0.1, 0.15) is 22.0 Å². The summed E-state index contributed by atoms with van der Waals surface area (Å²) in [5.74, 6) is 0.892. The second-order valence-corrected chi connectivity index (χ2v) is 4.77. The summed E-state index contributed by atoms with van der Waals surface area (Å²) in [6.07, 6.45) is 1.46. The van der Waals surface area contributed by atoms with Crippen molar-refractivity contribution in [1.82, 2.24) is 24.7 Å². The number of nitrogens with zero attached hydrogens (tertiary/aromatic N) is 5. The van der Waals surface area contributed by atoms with Crippen molar-refractivity contribution in [2.45, 2.75) is 24.0 Å². The molecule has 0 unspecified atom stereocenters. The van der Waals surface area contributed by atoms with E-state index in [9.17, 15) is 4.79 Å². The highest BCUT2D eigenvalue weighted by Gasteiger charge is 2.18. The molecule has 0 amide bonds. The molecule has 0 atom stereocenters. The maximum Gasteiger partial charge on any atom is 0.342 e. The van der Waals surface area contributed by atoms with Crippen molar-refractivity contribution in [1.29, 1.82) is 0 Å². The molecule has 0 saturated heterocycles. The molecule has 0 radical (unpaired) electrons. The zero-order chi connectivity index (χ0) is 14.0. The second kappa shape index (κ2) is 5.35. The Hall–Kier alpha value is -1.96. The Morgan fingerprint density at radius 1 is 1.37 bits per heavy atom. The fraction of sp³-hybridized carbons (Fsp3) is 0.364. The highest BCUT2D eigenvalue weighted by Crippen LogP contribution is 2.27. The minimum atomic E-state index is -0.471. The van der Waals surface area contributed by atoms with E-state index in [2.05, 4.69) is 20.2 Å². The van der Waals surface area contributed by atoms with Crippen molar-refractivity contribution >= 4 is 17.7 Å². The van der Waals surface area contributed by atoms with Gasteiger partial charge in [0.1, 0.15) is 22.2 Å². The lowest BCUT2D eigenvalue weighted by molar-refractivity contribution is 0.0595. The van der Waals surface area contributed by atoms with Gasteiger partial charge in [-0.1, -0.05) is 0 Å². The van der Waals surface area contributed by atoms with Crippen LogP contribution < -0.4 is 0 Å². The summed E-state index contributed by atoms with van der Waals surface area (Å²) in [5, 5.41) is 9.15. The summed E-state index contributed by atoms with van der Waals surface area (Å²) in [6.45, 7) is 3.61. The normalized spacial score (nSPS) is 10.5. The van der Waals surface area contributed by atoms with Crippen molar-refractivity contribution in [3.05, 3.63) is 23.4 Å². The first-order valence-corrected chi connectivity index (χ1v) is 6.30. The molecule has 0 saturated carbocycles. The summed E-state index contributed by atoms with van der Waals surface area (Å²) in [4.78, 5) is 19.9. The van der Waals surface area contributed by atoms with Crippen molar-refractivity contribution < 1.29 is 9.53 Å². The number of methoxy groups -OCH3 is 1. The fourth-order valence-electron chi connectivity index (χ4n) is 1.34. The molecule has 7 nitrogen and oxygen atoms in total.